The van der Waals surface area contributed by atoms with Crippen molar-refractivity contribution in [2.75, 3.05) is 6.61 Å². The lowest BCUT2D eigenvalue weighted by Gasteiger charge is -2.24. The minimum Gasteiger partial charge on any atom is -0.462 e. The van der Waals surface area contributed by atoms with Crippen molar-refractivity contribution in [2.45, 2.75) is 25.7 Å². The smallest absolute Gasteiger partial charge is 0.345 e. The van der Waals surface area contributed by atoms with E-state index in [-0.39, 0.29) is 17.3 Å². The van der Waals surface area contributed by atoms with Crippen LogP contribution < -0.4 is 0 Å². The van der Waals surface area contributed by atoms with Gasteiger partial charge in [0.15, 0.2) is 0 Å². The number of pyridine rings is 1. The van der Waals surface area contributed by atoms with Crippen molar-refractivity contribution in [3.8, 4) is 0 Å². The van der Waals surface area contributed by atoms with Crippen molar-refractivity contribution in [2.24, 2.45) is 5.92 Å². The lowest BCUT2D eigenvalue weighted by atomic mass is 9.83. The Morgan fingerprint density at radius 1 is 1.58 bits per heavy atom. The summed E-state index contributed by atoms with van der Waals surface area (Å²) >= 11 is 5.64. The zero-order valence-electron chi connectivity index (χ0n) is 10.2. The first kappa shape index (κ1) is 13.7. The molecule has 0 radical (unpaired) electrons. The number of nitro groups is 1. The van der Waals surface area contributed by atoms with Crippen LogP contribution in [0.15, 0.2) is 12.3 Å². The number of esters is 1. The highest BCUT2D eigenvalue weighted by molar-refractivity contribution is 6.29. The number of rotatable bonds is 5. The fourth-order valence-corrected chi connectivity index (χ4v) is 2.07. The van der Waals surface area contributed by atoms with Gasteiger partial charge in [-0.3, -0.25) is 10.1 Å². The molecule has 7 heteroatoms. The molecule has 0 atom stereocenters. The fourth-order valence-electron chi connectivity index (χ4n) is 1.91. The maximum atomic E-state index is 11.8. The van der Waals surface area contributed by atoms with Gasteiger partial charge in [0, 0.05) is 0 Å². The first-order chi connectivity index (χ1) is 9.08. The van der Waals surface area contributed by atoms with Crippen molar-refractivity contribution in [3.63, 3.8) is 0 Å². The van der Waals surface area contributed by atoms with Crippen LogP contribution in [0.1, 0.15) is 36.0 Å². The molecule has 1 aliphatic carbocycles. The third-order valence-electron chi connectivity index (χ3n) is 3.25. The molecular formula is C12H13ClN2O4. The van der Waals surface area contributed by atoms with Crippen LogP contribution >= 0.6 is 11.6 Å². The molecule has 1 aromatic heterocycles. The first-order valence-corrected chi connectivity index (χ1v) is 6.43. The molecule has 2 rings (SSSR count). The van der Waals surface area contributed by atoms with Gasteiger partial charge in [-0.05, 0) is 18.4 Å². The van der Waals surface area contributed by atoms with Crippen LogP contribution in [0, 0.1) is 16.0 Å². The van der Waals surface area contributed by atoms with Crippen LogP contribution in [0.5, 0.6) is 0 Å². The van der Waals surface area contributed by atoms with Crippen molar-refractivity contribution >= 4 is 23.3 Å². The molecule has 1 aliphatic rings. The summed E-state index contributed by atoms with van der Waals surface area (Å²) in [4.78, 5) is 25.5. The summed E-state index contributed by atoms with van der Waals surface area (Å²) in [5, 5.41) is 10.8. The van der Waals surface area contributed by atoms with Crippen molar-refractivity contribution < 1.29 is 14.5 Å². The van der Waals surface area contributed by atoms with Gasteiger partial charge in [-0.25, -0.2) is 9.78 Å². The van der Waals surface area contributed by atoms with E-state index in [9.17, 15) is 14.9 Å². The van der Waals surface area contributed by atoms with E-state index in [0.29, 0.717) is 5.92 Å². The minimum absolute atomic E-state index is 0.0246. The van der Waals surface area contributed by atoms with E-state index < -0.39 is 16.6 Å². The van der Waals surface area contributed by atoms with E-state index in [0.717, 1.165) is 18.7 Å². The van der Waals surface area contributed by atoms with Crippen LogP contribution in [0.25, 0.3) is 0 Å². The summed E-state index contributed by atoms with van der Waals surface area (Å²) in [6.07, 6.45) is 5.32. The molecule has 1 fully saturated rings. The number of ether oxygens (including phenoxy) is 1. The summed E-state index contributed by atoms with van der Waals surface area (Å²) in [5.74, 6) is -0.112. The largest absolute Gasteiger partial charge is 0.462 e. The summed E-state index contributed by atoms with van der Waals surface area (Å²) in [7, 11) is 0. The van der Waals surface area contributed by atoms with E-state index in [1.807, 2.05) is 0 Å². The quantitative estimate of drug-likeness (QED) is 0.359. The van der Waals surface area contributed by atoms with Crippen molar-refractivity contribution in [1.82, 2.24) is 4.98 Å². The monoisotopic (exact) mass is 284 g/mol. The predicted molar refractivity (Wildman–Crippen MR) is 68.1 cm³/mol. The van der Waals surface area contributed by atoms with E-state index in [1.54, 1.807) is 0 Å². The summed E-state index contributed by atoms with van der Waals surface area (Å²) < 4.78 is 5.05. The van der Waals surface area contributed by atoms with Gasteiger partial charge in [0.2, 0.25) is 0 Å². The SMILES string of the molecule is O=C(OCCC1CCC1)c1cc(Cl)ncc1[N+](=O)[O-]. The molecule has 0 aliphatic heterocycles. The second-order valence-corrected chi connectivity index (χ2v) is 4.89. The van der Waals surface area contributed by atoms with Gasteiger partial charge >= 0.3 is 11.7 Å². The second kappa shape index (κ2) is 5.97. The highest BCUT2D eigenvalue weighted by Crippen LogP contribution is 2.29. The maximum Gasteiger partial charge on any atom is 0.345 e. The van der Waals surface area contributed by atoms with Crippen molar-refractivity contribution in [1.29, 1.82) is 0 Å². The van der Waals surface area contributed by atoms with Crippen LogP contribution in [0.3, 0.4) is 0 Å². The summed E-state index contributed by atoms with van der Waals surface area (Å²) in [6.45, 7) is 0.278. The number of aromatic nitrogens is 1. The number of hydrogen-bond donors (Lipinski definition) is 0. The van der Waals surface area contributed by atoms with Gasteiger partial charge < -0.3 is 4.74 Å². The topological polar surface area (TPSA) is 82.3 Å². The molecule has 6 nitrogen and oxygen atoms in total. The molecule has 1 heterocycles. The van der Waals surface area contributed by atoms with Crippen LogP contribution in [-0.2, 0) is 4.74 Å². The third kappa shape index (κ3) is 3.41. The zero-order chi connectivity index (χ0) is 13.8. The van der Waals surface area contributed by atoms with Crippen LogP contribution in [0.2, 0.25) is 5.15 Å². The average Bonchev–Trinajstić information content (AvgIpc) is 2.31. The molecule has 1 aromatic rings. The molecule has 0 spiro atoms. The number of nitrogens with zero attached hydrogens (tertiary/aromatic N) is 2. The molecule has 0 aromatic carbocycles. The van der Waals surface area contributed by atoms with E-state index in [1.165, 1.54) is 19.3 Å². The second-order valence-electron chi connectivity index (χ2n) is 4.50. The number of carbonyl (C=O) groups excluding carboxylic acids is 1. The average molecular weight is 285 g/mol. The number of hydrogen-bond acceptors (Lipinski definition) is 5. The molecule has 0 unspecified atom stereocenters. The van der Waals surface area contributed by atoms with Crippen molar-refractivity contribution in [3.05, 3.63) is 33.1 Å². The lowest BCUT2D eigenvalue weighted by Crippen LogP contribution is -2.16. The summed E-state index contributed by atoms with van der Waals surface area (Å²) in [5.41, 5.74) is -0.545. The Kier molecular flexibility index (Phi) is 4.31. The Hall–Kier alpha value is -1.69. The predicted octanol–water partition coefficient (Wildman–Crippen LogP) is 2.99. The van der Waals surface area contributed by atoms with Gasteiger partial charge in [0.05, 0.1) is 11.5 Å². The normalized spacial score (nSPS) is 14.8. The molecule has 1 saturated carbocycles. The molecule has 19 heavy (non-hydrogen) atoms. The fraction of sp³-hybridized carbons (Fsp3) is 0.500. The Morgan fingerprint density at radius 3 is 2.89 bits per heavy atom. The molecule has 102 valence electrons. The zero-order valence-corrected chi connectivity index (χ0v) is 10.9. The van der Waals surface area contributed by atoms with E-state index in [2.05, 4.69) is 4.98 Å². The molecular weight excluding hydrogens is 272 g/mol. The minimum atomic E-state index is -0.727. The highest BCUT2D eigenvalue weighted by Gasteiger charge is 2.23. The van der Waals surface area contributed by atoms with Crippen LogP contribution in [-0.4, -0.2) is 22.5 Å². The van der Waals surface area contributed by atoms with Crippen LogP contribution in [0.4, 0.5) is 5.69 Å². The first-order valence-electron chi connectivity index (χ1n) is 6.05. The Labute approximate surface area is 114 Å². The van der Waals surface area contributed by atoms with Gasteiger partial charge in [-0.2, -0.15) is 0 Å². The Balaban J connectivity index is 2.00. The standard InChI is InChI=1S/C12H13ClN2O4/c13-11-6-9(10(7-14-11)15(17)18)12(16)19-5-4-8-2-1-3-8/h6-8H,1-5H2. The molecule has 0 bridgehead atoms. The number of halogens is 1. The van der Waals surface area contributed by atoms with E-state index in [4.69, 9.17) is 16.3 Å². The molecule has 0 saturated heterocycles. The Bertz CT molecular complexity index is 503. The highest BCUT2D eigenvalue weighted by atomic mass is 35.5. The molecule has 0 amide bonds. The summed E-state index contributed by atoms with van der Waals surface area (Å²) in [6, 6.07) is 1.16. The van der Waals surface area contributed by atoms with E-state index >= 15 is 0 Å². The lowest BCUT2D eigenvalue weighted by molar-refractivity contribution is -0.385. The number of carbonyl (C=O) groups is 1. The Morgan fingerprint density at radius 2 is 2.32 bits per heavy atom. The van der Waals surface area contributed by atoms with Gasteiger partial charge in [-0.1, -0.05) is 30.9 Å². The molecule has 0 N–H and O–H groups in total. The van der Waals surface area contributed by atoms with Gasteiger partial charge in [0.25, 0.3) is 0 Å². The van der Waals surface area contributed by atoms with Gasteiger partial charge in [-0.15, -0.1) is 0 Å². The maximum absolute atomic E-state index is 11.8. The van der Waals surface area contributed by atoms with Gasteiger partial charge in [0.1, 0.15) is 16.9 Å². The third-order valence-corrected chi connectivity index (χ3v) is 3.46.